The van der Waals surface area contributed by atoms with Gasteiger partial charge in [0, 0.05) is 19.6 Å². The smallest absolute Gasteiger partial charge is 0.240 e. The van der Waals surface area contributed by atoms with E-state index >= 15 is 0 Å². The Bertz CT molecular complexity index is 326. The summed E-state index contributed by atoms with van der Waals surface area (Å²) >= 11 is 0. The summed E-state index contributed by atoms with van der Waals surface area (Å²) < 4.78 is 0. The van der Waals surface area contributed by atoms with Crippen LogP contribution in [0, 0.1) is 11.3 Å². The summed E-state index contributed by atoms with van der Waals surface area (Å²) in [6.07, 6.45) is 4.74. The maximum absolute atomic E-state index is 12.4. The molecule has 0 saturated carbocycles. The zero-order valence-electron chi connectivity index (χ0n) is 15.5. The van der Waals surface area contributed by atoms with Crippen molar-refractivity contribution in [3.8, 4) is 0 Å². The van der Waals surface area contributed by atoms with Gasteiger partial charge in [-0.05, 0) is 44.2 Å². The van der Waals surface area contributed by atoms with E-state index in [2.05, 4.69) is 18.9 Å². The van der Waals surface area contributed by atoms with Gasteiger partial charge in [0.15, 0.2) is 0 Å². The van der Waals surface area contributed by atoms with Crippen LogP contribution in [0.15, 0.2) is 0 Å². The molecule has 6 heteroatoms. The van der Waals surface area contributed by atoms with E-state index < -0.39 is 0 Å². The van der Waals surface area contributed by atoms with Crippen LogP contribution >= 0.6 is 24.8 Å². The van der Waals surface area contributed by atoms with Gasteiger partial charge in [-0.1, -0.05) is 34.1 Å². The number of nitrogens with zero attached hydrogens (tertiary/aromatic N) is 2. The standard InChI is InChI=1S/C17H35N3O.2ClH/c1-6-7-10-19(5)13-14-8-11-20(12-9-14)16(21)15(18)17(2,3)4;;/h14-15H,6-13,18H2,1-5H3;2*1H/t15-;;/m1../s1. The number of halogens is 2. The van der Waals surface area contributed by atoms with Crippen molar-refractivity contribution in [2.75, 3.05) is 33.2 Å². The van der Waals surface area contributed by atoms with E-state index in [1.54, 1.807) is 0 Å². The summed E-state index contributed by atoms with van der Waals surface area (Å²) in [5.41, 5.74) is 5.94. The molecule has 0 bridgehead atoms. The molecule has 1 amide bonds. The Labute approximate surface area is 155 Å². The fourth-order valence-electron chi connectivity index (χ4n) is 2.86. The van der Waals surface area contributed by atoms with Crippen LogP contribution in [0.3, 0.4) is 0 Å². The van der Waals surface area contributed by atoms with Crippen LogP contribution in [0.2, 0.25) is 0 Å². The van der Waals surface area contributed by atoms with Gasteiger partial charge in [0.2, 0.25) is 5.91 Å². The van der Waals surface area contributed by atoms with Gasteiger partial charge in [-0.25, -0.2) is 0 Å². The van der Waals surface area contributed by atoms with Gasteiger partial charge < -0.3 is 15.5 Å². The summed E-state index contributed by atoms with van der Waals surface area (Å²) in [6.45, 7) is 12.4. The summed E-state index contributed by atoms with van der Waals surface area (Å²) in [4.78, 5) is 16.8. The lowest BCUT2D eigenvalue weighted by atomic mass is 9.86. The van der Waals surface area contributed by atoms with Crippen molar-refractivity contribution in [1.29, 1.82) is 0 Å². The molecule has 1 aliphatic heterocycles. The second-order valence-corrected chi connectivity index (χ2v) is 7.73. The van der Waals surface area contributed by atoms with Crippen LogP contribution in [-0.2, 0) is 4.79 Å². The van der Waals surface area contributed by atoms with Crippen molar-refractivity contribution in [2.24, 2.45) is 17.1 Å². The lowest BCUT2D eigenvalue weighted by Crippen LogP contribution is -2.52. The first-order chi connectivity index (χ1) is 9.75. The molecule has 0 aromatic carbocycles. The van der Waals surface area contributed by atoms with E-state index in [9.17, 15) is 4.79 Å². The molecule has 0 radical (unpaired) electrons. The summed E-state index contributed by atoms with van der Waals surface area (Å²) in [5, 5.41) is 0. The largest absolute Gasteiger partial charge is 0.341 e. The maximum atomic E-state index is 12.4. The number of hydrogen-bond donors (Lipinski definition) is 1. The van der Waals surface area contributed by atoms with Crippen molar-refractivity contribution in [3.63, 3.8) is 0 Å². The molecule has 2 N–H and O–H groups in total. The molecule has 0 unspecified atom stereocenters. The SMILES string of the molecule is CCCCN(C)CC1CCN(C(=O)[C@@H](N)C(C)(C)C)CC1.Cl.Cl. The molecule has 23 heavy (non-hydrogen) atoms. The second kappa shape index (κ2) is 11.5. The Balaban J connectivity index is 0. The van der Waals surface area contributed by atoms with E-state index in [0.717, 1.165) is 38.4 Å². The first kappa shape index (κ1) is 25.2. The van der Waals surface area contributed by atoms with Crippen LogP contribution < -0.4 is 5.73 Å². The number of unbranched alkanes of at least 4 members (excludes halogenated alkanes) is 1. The van der Waals surface area contributed by atoms with E-state index in [-0.39, 0.29) is 42.2 Å². The summed E-state index contributed by atoms with van der Waals surface area (Å²) in [6, 6.07) is -0.388. The van der Waals surface area contributed by atoms with Crippen LogP contribution in [-0.4, -0.2) is 55.0 Å². The van der Waals surface area contributed by atoms with Crippen molar-refractivity contribution in [1.82, 2.24) is 9.80 Å². The fourth-order valence-corrected chi connectivity index (χ4v) is 2.86. The molecule has 140 valence electrons. The van der Waals surface area contributed by atoms with E-state index in [1.165, 1.54) is 19.4 Å². The number of likely N-dealkylation sites (tertiary alicyclic amines) is 1. The van der Waals surface area contributed by atoms with Gasteiger partial charge in [0.05, 0.1) is 6.04 Å². The molecule has 1 atom stereocenters. The van der Waals surface area contributed by atoms with Crippen LogP contribution in [0.4, 0.5) is 0 Å². The maximum Gasteiger partial charge on any atom is 0.240 e. The molecular formula is C17H37Cl2N3O. The third-order valence-corrected chi connectivity index (χ3v) is 4.59. The molecule has 0 aromatic rings. The number of piperidine rings is 1. The molecule has 1 saturated heterocycles. The molecule has 0 spiro atoms. The van der Waals surface area contributed by atoms with Crippen molar-refractivity contribution >= 4 is 30.7 Å². The highest BCUT2D eigenvalue weighted by Gasteiger charge is 2.32. The molecule has 1 fully saturated rings. The quantitative estimate of drug-likeness (QED) is 0.781. The number of carbonyl (C=O) groups excluding carboxylic acids is 1. The molecule has 1 aliphatic rings. The highest BCUT2D eigenvalue weighted by Crippen LogP contribution is 2.23. The van der Waals surface area contributed by atoms with Crippen molar-refractivity contribution < 1.29 is 4.79 Å². The topological polar surface area (TPSA) is 49.6 Å². The Hall–Kier alpha value is -0.0300. The van der Waals surface area contributed by atoms with Gasteiger partial charge in [0.25, 0.3) is 0 Å². The predicted molar refractivity (Wildman–Crippen MR) is 104 cm³/mol. The third-order valence-electron chi connectivity index (χ3n) is 4.59. The monoisotopic (exact) mass is 369 g/mol. The first-order valence-corrected chi connectivity index (χ1v) is 8.48. The zero-order valence-corrected chi connectivity index (χ0v) is 17.1. The highest BCUT2D eigenvalue weighted by atomic mass is 35.5. The molecule has 4 nitrogen and oxygen atoms in total. The second-order valence-electron chi connectivity index (χ2n) is 7.73. The molecular weight excluding hydrogens is 333 g/mol. The third kappa shape index (κ3) is 8.57. The van der Waals surface area contributed by atoms with Crippen LogP contribution in [0.25, 0.3) is 0 Å². The molecule has 0 aliphatic carbocycles. The minimum absolute atomic E-state index is 0. The predicted octanol–water partition coefficient (Wildman–Crippen LogP) is 3.17. The summed E-state index contributed by atoms with van der Waals surface area (Å²) in [7, 11) is 2.21. The van der Waals surface area contributed by atoms with E-state index in [1.807, 2.05) is 25.7 Å². The lowest BCUT2D eigenvalue weighted by Gasteiger charge is -2.37. The number of carbonyl (C=O) groups is 1. The normalized spacial score (nSPS) is 17.4. The Morgan fingerprint density at radius 3 is 2.22 bits per heavy atom. The van der Waals surface area contributed by atoms with Crippen molar-refractivity contribution in [3.05, 3.63) is 0 Å². The average Bonchev–Trinajstić information content (AvgIpc) is 2.43. The van der Waals surface area contributed by atoms with E-state index in [0.29, 0.717) is 0 Å². The van der Waals surface area contributed by atoms with Gasteiger partial charge >= 0.3 is 0 Å². The summed E-state index contributed by atoms with van der Waals surface area (Å²) in [5.74, 6) is 0.849. The lowest BCUT2D eigenvalue weighted by molar-refractivity contribution is -0.136. The van der Waals surface area contributed by atoms with Crippen molar-refractivity contribution in [2.45, 2.75) is 59.4 Å². The number of nitrogens with two attached hydrogens (primary N) is 1. The van der Waals surface area contributed by atoms with Gasteiger partial charge in [0.1, 0.15) is 0 Å². The van der Waals surface area contributed by atoms with Gasteiger partial charge in [-0.3, -0.25) is 4.79 Å². The number of hydrogen-bond acceptors (Lipinski definition) is 3. The number of amides is 1. The minimum atomic E-state index is -0.388. The average molecular weight is 370 g/mol. The first-order valence-electron chi connectivity index (χ1n) is 8.48. The zero-order chi connectivity index (χ0) is 16.0. The molecule has 1 rings (SSSR count). The van der Waals surface area contributed by atoms with Crippen LogP contribution in [0.1, 0.15) is 53.4 Å². The van der Waals surface area contributed by atoms with Gasteiger partial charge in [-0.2, -0.15) is 0 Å². The fraction of sp³-hybridized carbons (Fsp3) is 0.941. The molecule has 0 aromatic heterocycles. The van der Waals surface area contributed by atoms with E-state index in [4.69, 9.17) is 5.73 Å². The highest BCUT2D eigenvalue weighted by molar-refractivity contribution is 5.85. The molecule has 1 heterocycles. The Morgan fingerprint density at radius 2 is 1.78 bits per heavy atom. The minimum Gasteiger partial charge on any atom is -0.341 e. The van der Waals surface area contributed by atoms with Crippen LogP contribution in [0.5, 0.6) is 0 Å². The Morgan fingerprint density at radius 1 is 1.26 bits per heavy atom. The Kier molecular flexibility index (Phi) is 12.6. The van der Waals surface area contributed by atoms with Gasteiger partial charge in [-0.15, -0.1) is 24.8 Å². The number of rotatable bonds is 6.